The number of phenolic OH excluding ortho intramolecular Hbond substituents is 1. The summed E-state index contributed by atoms with van der Waals surface area (Å²) in [7, 11) is 0. The highest BCUT2D eigenvalue weighted by Gasteiger charge is 2.36. The Balaban J connectivity index is 2.35. The zero-order valence-corrected chi connectivity index (χ0v) is 8.19. The molecule has 0 saturated carbocycles. The largest absolute Gasteiger partial charge is 0.508 e. The highest BCUT2D eigenvalue weighted by molar-refractivity contribution is 5.30. The highest BCUT2D eigenvalue weighted by atomic mass is 16.7. The van der Waals surface area contributed by atoms with Gasteiger partial charge >= 0.3 is 0 Å². The van der Waals surface area contributed by atoms with Crippen molar-refractivity contribution in [3.8, 4) is 5.75 Å². The summed E-state index contributed by atoms with van der Waals surface area (Å²) >= 11 is 0. The lowest BCUT2D eigenvalue weighted by atomic mass is 10.0. The number of rotatable bonds is 2. The Hall–Kier alpha value is -1.06. The molecule has 2 rings (SSSR count). The molecule has 0 aliphatic carbocycles. The van der Waals surface area contributed by atoms with Gasteiger partial charge in [-0.25, -0.2) is 0 Å². The van der Waals surface area contributed by atoms with Crippen LogP contribution in [0.25, 0.3) is 0 Å². The van der Waals surface area contributed by atoms with Gasteiger partial charge in [0, 0.05) is 12.0 Å². The average molecular weight is 194 g/mol. The summed E-state index contributed by atoms with van der Waals surface area (Å²) in [5.74, 6) is -0.395. The molecule has 1 saturated heterocycles. The van der Waals surface area contributed by atoms with Crippen molar-refractivity contribution in [1.29, 1.82) is 0 Å². The van der Waals surface area contributed by atoms with Gasteiger partial charge in [-0.1, -0.05) is 19.1 Å². The van der Waals surface area contributed by atoms with Crippen molar-refractivity contribution in [2.45, 2.75) is 19.1 Å². The SMILES string of the molecule is CCC1(c2cccc(O)c2)OCCO1. The van der Waals surface area contributed by atoms with Gasteiger partial charge in [-0.05, 0) is 12.1 Å². The molecule has 0 amide bonds. The first kappa shape index (κ1) is 9.49. The van der Waals surface area contributed by atoms with Crippen LogP contribution in [0.5, 0.6) is 5.75 Å². The Bertz CT molecular complexity index is 316. The highest BCUT2D eigenvalue weighted by Crippen LogP contribution is 2.35. The van der Waals surface area contributed by atoms with Crippen LogP contribution in [-0.4, -0.2) is 18.3 Å². The standard InChI is InChI=1S/C11H14O3/c1-2-11(13-6-7-14-11)9-4-3-5-10(12)8-9/h3-5,8,12H,2,6-7H2,1H3. The molecular formula is C11H14O3. The Kier molecular flexibility index (Phi) is 2.44. The van der Waals surface area contributed by atoms with Crippen LogP contribution < -0.4 is 0 Å². The van der Waals surface area contributed by atoms with Crippen molar-refractivity contribution in [1.82, 2.24) is 0 Å². The second-order valence-corrected chi connectivity index (χ2v) is 3.35. The second-order valence-electron chi connectivity index (χ2n) is 3.35. The Labute approximate surface area is 83.3 Å². The zero-order chi connectivity index (χ0) is 10.0. The Morgan fingerprint density at radius 2 is 2.07 bits per heavy atom. The summed E-state index contributed by atoms with van der Waals surface area (Å²) in [6, 6.07) is 7.04. The van der Waals surface area contributed by atoms with E-state index in [0.29, 0.717) is 13.2 Å². The van der Waals surface area contributed by atoms with Crippen molar-refractivity contribution in [2.24, 2.45) is 0 Å². The van der Waals surface area contributed by atoms with E-state index in [2.05, 4.69) is 0 Å². The first-order valence-corrected chi connectivity index (χ1v) is 4.84. The van der Waals surface area contributed by atoms with Crippen LogP contribution >= 0.6 is 0 Å². The van der Waals surface area contributed by atoms with Gasteiger partial charge in [0.25, 0.3) is 0 Å². The molecule has 76 valence electrons. The maximum atomic E-state index is 9.37. The fraction of sp³-hybridized carbons (Fsp3) is 0.455. The summed E-state index contributed by atoms with van der Waals surface area (Å²) in [6.07, 6.45) is 0.746. The van der Waals surface area contributed by atoms with Gasteiger partial charge in [-0.15, -0.1) is 0 Å². The molecule has 0 spiro atoms. The molecule has 1 heterocycles. The number of aromatic hydroxyl groups is 1. The number of hydrogen-bond acceptors (Lipinski definition) is 3. The van der Waals surface area contributed by atoms with E-state index in [4.69, 9.17) is 9.47 Å². The van der Waals surface area contributed by atoms with Gasteiger partial charge in [0.2, 0.25) is 0 Å². The Morgan fingerprint density at radius 3 is 2.64 bits per heavy atom. The molecule has 0 radical (unpaired) electrons. The van der Waals surface area contributed by atoms with Crippen molar-refractivity contribution >= 4 is 0 Å². The maximum Gasteiger partial charge on any atom is 0.194 e. The van der Waals surface area contributed by atoms with E-state index in [1.807, 2.05) is 13.0 Å². The van der Waals surface area contributed by atoms with Crippen LogP contribution in [0.4, 0.5) is 0 Å². The third kappa shape index (κ3) is 1.49. The van der Waals surface area contributed by atoms with Crippen LogP contribution in [0.1, 0.15) is 18.9 Å². The maximum absolute atomic E-state index is 9.37. The number of benzene rings is 1. The third-order valence-corrected chi connectivity index (χ3v) is 2.51. The molecule has 0 bridgehead atoms. The minimum Gasteiger partial charge on any atom is -0.508 e. The molecule has 14 heavy (non-hydrogen) atoms. The molecule has 1 aromatic carbocycles. The predicted molar refractivity (Wildman–Crippen MR) is 52.0 cm³/mol. The molecule has 1 aromatic rings. The van der Waals surface area contributed by atoms with Gasteiger partial charge in [-0.2, -0.15) is 0 Å². The van der Waals surface area contributed by atoms with Gasteiger partial charge in [-0.3, -0.25) is 0 Å². The molecule has 0 atom stereocenters. The van der Waals surface area contributed by atoms with E-state index in [1.165, 1.54) is 0 Å². The first-order chi connectivity index (χ1) is 6.77. The molecule has 3 nitrogen and oxygen atoms in total. The molecular weight excluding hydrogens is 180 g/mol. The minimum atomic E-state index is -0.640. The molecule has 1 aliphatic heterocycles. The predicted octanol–water partition coefficient (Wildman–Crippen LogP) is 2.00. The zero-order valence-electron chi connectivity index (χ0n) is 8.19. The third-order valence-electron chi connectivity index (χ3n) is 2.51. The van der Waals surface area contributed by atoms with Crippen LogP contribution in [-0.2, 0) is 15.3 Å². The van der Waals surface area contributed by atoms with E-state index in [9.17, 15) is 5.11 Å². The van der Waals surface area contributed by atoms with E-state index in [1.54, 1.807) is 18.2 Å². The van der Waals surface area contributed by atoms with Gasteiger partial charge < -0.3 is 14.6 Å². The molecule has 3 heteroatoms. The minimum absolute atomic E-state index is 0.245. The summed E-state index contributed by atoms with van der Waals surface area (Å²) in [5, 5.41) is 9.37. The molecule has 1 N–H and O–H groups in total. The van der Waals surface area contributed by atoms with Gasteiger partial charge in [0.15, 0.2) is 5.79 Å². The fourth-order valence-electron chi connectivity index (χ4n) is 1.77. The second kappa shape index (κ2) is 3.59. The number of hydrogen-bond donors (Lipinski definition) is 1. The van der Waals surface area contributed by atoms with Gasteiger partial charge in [0.05, 0.1) is 13.2 Å². The summed E-state index contributed by atoms with van der Waals surface area (Å²) < 4.78 is 11.2. The lowest BCUT2D eigenvalue weighted by Gasteiger charge is -2.26. The number of ether oxygens (including phenoxy) is 2. The van der Waals surface area contributed by atoms with Crippen LogP contribution in [0, 0.1) is 0 Å². The summed E-state index contributed by atoms with van der Waals surface area (Å²) in [4.78, 5) is 0. The summed E-state index contributed by atoms with van der Waals surface area (Å²) in [5.41, 5.74) is 0.887. The summed E-state index contributed by atoms with van der Waals surface area (Å²) in [6.45, 7) is 3.24. The molecule has 0 aromatic heterocycles. The number of phenols is 1. The lowest BCUT2D eigenvalue weighted by Crippen LogP contribution is -2.25. The monoisotopic (exact) mass is 194 g/mol. The van der Waals surface area contributed by atoms with E-state index >= 15 is 0 Å². The Morgan fingerprint density at radius 1 is 1.36 bits per heavy atom. The topological polar surface area (TPSA) is 38.7 Å². The van der Waals surface area contributed by atoms with Crippen LogP contribution in [0.3, 0.4) is 0 Å². The molecule has 1 aliphatic rings. The van der Waals surface area contributed by atoms with Crippen LogP contribution in [0.2, 0.25) is 0 Å². The van der Waals surface area contributed by atoms with Gasteiger partial charge in [0.1, 0.15) is 5.75 Å². The molecule has 1 fully saturated rings. The quantitative estimate of drug-likeness (QED) is 0.782. The molecule has 0 unspecified atom stereocenters. The van der Waals surface area contributed by atoms with Crippen molar-refractivity contribution < 1.29 is 14.6 Å². The van der Waals surface area contributed by atoms with E-state index < -0.39 is 5.79 Å². The first-order valence-electron chi connectivity index (χ1n) is 4.84. The van der Waals surface area contributed by atoms with Crippen molar-refractivity contribution in [2.75, 3.05) is 13.2 Å². The van der Waals surface area contributed by atoms with Crippen molar-refractivity contribution in [3.05, 3.63) is 29.8 Å². The van der Waals surface area contributed by atoms with E-state index in [-0.39, 0.29) is 5.75 Å². The lowest BCUT2D eigenvalue weighted by molar-refractivity contribution is -0.167. The smallest absolute Gasteiger partial charge is 0.194 e. The fourth-order valence-corrected chi connectivity index (χ4v) is 1.77. The van der Waals surface area contributed by atoms with Crippen LogP contribution in [0.15, 0.2) is 24.3 Å². The average Bonchev–Trinajstić information content (AvgIpc) is 2.67. The van der Waals surface area contributed by atoms with Crippen molar-refractivity contribution in [3.63, 3.8) is 0 Å². The van der Waals surface area contributed by atoms with E-state index in [0.717, 1.165) is 12.0 Å². The normalized spacial score (nSPS) is 19.8.